The third-order valence-corrected chi connectivity index (χ3v) is 4.26. The maximum absolute atomic E-state index is 13.7. The first-order chi connectivity index (χ1) is 9.77. The van der Waals surface area contributed by atoms with Crippen molar-refractivity contribution in [1.82, 2.24) is 4.98 Å². The molecule has 0 atom stereocenters. The Morgan fingerprint density at radius 3 is 2.80 bits per heavy atom. The Morgan fingerprint density at radius 1 is 1.20 bits per heavy atom. The summed E-state index contributed by atoms with van der Waals surface area (Å²) in [7, 11) is 0. The molecule has 2 heterocycles. The van der Waals surface area contributed by atoms with Crippen molar-refractivity contribution in [2.75, 3.05) is 13.2 Å². The topological polar surface area (TPSA) is 34.2 Å². The van der Waals surface area contributed by atoms with Crippen molar-refractivity contribution in [2.45, 2.75) is 25.0 Å². The lowest BCUT2D eigenvalue weighted by Gasteiger charge is -2.30. The van der Waals surface area contributed by atoms with E-state index in [0.717, 1.165) is 30.2 Å². The summed E-state index contributed by atoms with van der Waals surface area (Å²) >= 11 is 0. The van der Waals surface area contributed by atoms with Crippen molar-refractivity contribution in [1.29, 1.82) is 0 Å². The molecule has 1 fully saturated rings. The average Bonchev–Trinajstić information content (AvgIpc) is 3.09. The summed E-state index contributed by atoms with van der Waals surface area (Å²) in [5.74, 6) is -0.606. The molecule has 4 heteroatoms. The molecule has 0 radical (unpaired) electrons. The van der Waals surface area contributed by atoms with Gasteiger partial charge < -0.3 is 14.5 Å². The monoisotopic (exact) mass is 273 g/mol. The number of fused-ring (bicyclic) bond motifs is 1. The third kappa shape index (κ3) is 1.79. The number of ether oxygens (including phenoxy) is 2. The fraction of sp³-hybridized carbons (Fsp3) is 0.375. The minimum Gasteiger partial charge on any atom is -0.358 e. The zero-order valence-electron chi connectivity index (χ0n) is 11.1. The van der Waals surface area contributed by atoms with Gasteiger partial charge in [-0.3, -0.25) is 0 Å². The Labute approximate surface area is 116 Å². The number of benzene rings is 1. The van der Waals surface area contributed by atoms with Gasteiger partial charge in [0, 0.05) is 30.0 Å². The van der Waals surface area contributed by atoms with E-state index in [9.17, 15) is 4.39 Å². The molecule has 104 valence electrons. The van der Waals surface area contributed by atoms with Gasteiger partial charge in [0.25, 0.3) is 0 Å². The molecule has 4 rings (SSSR count). The Kier molecular flexibility index (Phi) is 2.69. The van der Waals surface area contributed by atoms with Gasteiger partial charge in [0.15, 0.2) is 5.79 Å². The fourth-order valence-electron chi connectivity index (χ4n) is 3.19. The van der Waals surface area contributed by atoms with E-state index in [4.69, 9.17) is 9.47 Å². The molecule has 20 heavy (non-hydrogen) atoms. The van der Waals surface area contributed by atoms with E-state index in [1.165, 1.54) is 11.6 Å². The van der Waals surface area contributed by atoms with Crippen molar-refractivity contribution in [3.05, 3.63) is 41.9 Å². The Hall–Kier alpha value is -1.65. The summed E-state index contributed by atoms with van der Waals surface area (Å²) < 4.78 is 25.2. The molecule has 1 saturated heterocycles. The van der Waals surface area contributed by atoms with Gasteiger partial charge >= 0.3 is 0 Å². The molecule has 1 aliphatic heterocycles. The summed E-state index contributed by atoms with van der Waals surface area (Å²) in [5.41, 5.74) is 2.91. The highest BCUT2D eigenvalue weighted by Gasteiger charge is 2.37. The highest BCUT2D eigenvalue weighted by Crippen LogP contribution is 2.39. The van der Waals surface area contributed by atoms with Crippen LogP contribution in [0.4, 0.5) is 4.39 Å². The van der Waals surface area contributed by atoms with E-state index in [2.05, 4.69) is 11.1 Å². The first-order valence-corrected chi connectivity index (χ1v) is 7.00. The minimum absolute atomic E-state index is 0.205. The van der Waals surface area contributed by atoms with Gasteiger partial charge in [-0.2, -0.15) is 0 Å². The molecule has 1 aromatic heterocycles. The molecule has 1 spiro atoms. The van der Waals surface area contributed by atoms with E-state index < -0.39 is 5.79 Å². The number of aromatic amines is 1. The van der Waals surface area contributed by atoms with Crippen molar-refractivity contribution in [3.63, 3.8) is 0 Å². The van der Waals surface area contributed by atoms with Crippen molar-refractivity contribution in [2.24, 2.45) is 0 Å². The number of nitrogens with one attached hydrogen (secondary N) is 1. The number of aromatic nitrogens is 1. The molecular formula is C16H16FNO2. The van der Waals surface area contributed by atoms with Crippen LogP contribution < -0.4 is 0 Å². The predicted molar refractivity (Wildman–Crippen MR) is 74.7 cm³/mol. The lowest BCUT2D eigenvalue weighted by molar-refractivity contribution is -0.159. The number of halogens is 1. The van der Waals surface area contributed by atoms with Crippen LogP contribution in [0.15, 0.2) is 30.5 Å². The van der Waals surface area contributed by atoms with Crippen LogP contribution in [0.5, 0.6) is 0 Å². The molecular weight excluding hydrogens is 257 g/mol. The summed E-state index contributed by atoms with van der Waals surface area (Å²) in [6.07, 6.45) is 6.59. The van der Waals surface area contributed by atoms with E-state index >= 15 is 0 Å². The lowest BCUT2D eigenvalue weighted by Crippen LogP contribution is -2.31. The molecule has 0 amide bonds. The van der Waals surface area contributed by atoms with Crippen molar-refractivity contribution >= 4 is 16.5 Å². The molecule has 0 saturated carbocycles. The van der Waals surface area contributed by atoms with Crippen LogP contribution in [0.3, 0.4) is 0 Å². The maximum Gasteiger partial charge on any atom is 0.172 e. The quantitative estimate of drug-likeness (QED) is 0.861. The SMILES string of the molecule is Fc1cccc2c(C3=CCC4(CC3)OCCO4)c[nH]c12. The molecule has 3 nitrogen and oxygen atoms in total. The maximum atomic E-state index is 13.7. The standard InChI is InChI=1S/C16H16FNO2/c17-14-3-1-2-12-13(10-18-15(12)14)11-4-6-16(7-5-11)19-8-9-20-16/h1-4,10,18H,5-9H2. The molecule has 1 aliphatic carbocycles. The van der Waals surface area contributed by atoms with E-state index in [-0.39, 0.29) is 5.82 Å². The number of allylic oxidation sites excluding steroid dienone is 1. The van der Waals surface area contributed by atoms with Crippen LogP contribution >= 0.6 is 0 Å². The van der Waals surface area contributed by atoms with Gasteiger partial charge in [0.1, 0.15) is 5.82 Å². The van der Waals surface area contributed by atoms with Gasteiger partial charge in [-0.15, -0.1) is 0 Å². The minimum atomic E-state index is -0.402. The van der Waals surface area contributed by atoms with Crippen molar-refractivity contribution < 1.29 is 13.9 Å². The number of rotatable bonds is 1. The molecule has 0 unspecified atom stereocenters. The Morgan fingerprint density at radius 2 is 2.05 bits per heavy atom. The van der Waals surface area contributed by atoms with Crippen LogP contribution in [0, 0.1) is 5.82 Å². The van der Waals surface area contributed by atoms with Gasteiger partial charge in [0.05, 0.1) is 18.7 Å². The lowest BCUT2D eigenvalue weighted by atomic mass is 9.89. The van der Waals surface area contributed by atoms with Crippen LogP contribution in [0.1, 0.15) is 24.8 Å². The van der Waals surface area contributed by atoms with Gasteiger partial charge in [-0.1, -0.05) is 18.2 Å². The van der Waals surface area contributed by atoms with E-state index in [0.29, 0.717) is 18.7 Å². The number of para-hydroxylation sites is 1. The van der Waals surface area contributed by atoms with E-state index in [1.807, 2.05) is 12.3 Å². The van der Waals surface area contributed by atoms with Crippen LogP contribution in [0.25, 0.3) is 16.5 Å². The summed E-state index contributed by atoms with van der Waals surface area (Å²) in [4.78, 5) is 3.04. The summed E-state index contributed by atoms with van der Waals surface area (Å²) in [6, 6.07) is 5.19. The van der Waals surface area contributed by atoms with Crippen LogP contribution in [-0.2, 0) is 9.47 Å². The summed E-state index contributed by atoms with van der Waals surface area (Å²) in [6.45, 7) is 1.36. The smallest absolute Gasteiger partial charge is 0.172 e. The molecule has 1 aromatic carbocycles. The van der Waals surface area contributed by atoms with Gasteiger partial charge in [-0.25, -0.2) is 4.39 Å². The summed E-state index contributed by atoms with van der Waals surface area (Å²) in [5, 5.41) is 0.945. The van der Waals surface area contributed by atoms with Gasteiger partial charge in [0.2, 0.25) is 0 Å². The number of H-pyrrole nitrogens is 1. The van der Waals surface area contributed by atoms with Crippen molar-refractivity contribution in [3.8, 4) is 0 Å². The zero-order valence-corrected chi connectivity index (χ0v) is 11.1. The fourth-order valence-corrected chi connectivity index (χ4v) is 3.19. The highest BCUT2D eigenvalue weighted by molar-refractivity contribution is 5.93. The normalized spacial score (nSPS) is 21.6. The first-order valence-electron chi connectivity index (χ1n) is 7.00. The third-order valence-electron chi connectivity index (χ3n) is 4.26. The van der Waals surface area contributed by atoms with Gasteiger partial charge in [-0.05, 0) is 18.1 Å². The molecule has 1 N–H and O–H groups in total. The first kappa shape index (κ1) is 12.1. The number of hydrogen-bond acceptors (Lipinski definition) is 2. The molecule has 0 bridgehead atoms. The van der Waals surface area contributed by atoms with E-state index in [1.54, 1.807) is 6.07 Å². The van der Waals surface area contributed by atoms with Crippen LogP contribution in [0.2, 0.25) is 0 Å². The Balaban J connectivity index is 1.70. The predicted octanol–water partition coefficient (Wildman–Crippen LogP) is 3.62. The van der Waals surface area contributed by atoms with Crippen LogP contribution in [-0.4, -0.2) is 24.0 Å². The second-order valence-corrected chi connectivity index (χ2v) is 5.41. The second-order valence-electron chi connectivity index (χ2n) is 5.41. The number of hydrogen-bond donors (Lipinski definition) is 1. The largest absolute Gasteiger partial charge is 0.358 e. The highest BCUT2D eigenvalue weighted by atomic mass is 19.1. The zero-order chi connectivity index (χ0) is 13.6. The molecule has 2 aliphatic rings. The molecule has 2 aromatic rings. The average molecular weight is 273 g/mol. The second kappa shape index (κ2) is 4.43. The Bertz CT molecular complexity index is 683.